The number of hydrogen-bond acceptors (Lipinski definition) is 3. The van der Waals surface area contributed by atoms with Gasteiger partial charge in [0.05, 0.1) is 13.2 Å². The standard InChI is InChI=1S/C16H22N2O3/c1-3-4-11-21-12-10-18-14(19)16(2,17-15(18)20)13-8-6-5-7-9-13/h5-9H,3-4,10-12H2,1-2H3,(H,17,20). The van der Waals surface area contributed by atoms with Crippen molar-refractivity contribution in [3.63, 3.8) is 0 Å². The lowest BCUT2D eigenvalue weighted by molar-refractivity contribution is -0.131. The van der Waals surface area contributed by atoms with Gasteiger partial charge in [0.25, 0.3) is 5.91 Å². The summed E-state index contributed by atoms with van der Waals surface area (Å²) in [6.07, 6.45) is 2.05. The van der Waals surface area contributed by atoms with Crippen molar-refractivity contribution in [3.05, 3.63) is 35.9 Å². The molecule has 1 aromatic rings. The molecule has 1 aromatic carbocycles. The summed E-state index contributed by atoms with van der Waals surface area (Å²) in [7, 11) is 0. The largest absolute Gasteiger partial charge is 0.380 e. The summed E-state index contributed by atoms with van der Waals surface area (Å²) in [6.45, 7) is 5.16. The fraction of sp³-hybridized carbons (Fsp3) is 0.500. The molecule has 21 heavy (non-hydrogen) atoms. The molecule has 0 radical (unpaired) electrons. The Balaban J connectivity index is 2.00. The van der Waals surface area contributed by atoms with Crippen LogP contribution < -0.4 is 5.32 Å². The number of imide groups is 1. The molecule has 2 rings (SSSR count). The number of unbranched alkanes of at least 4 members (excludes halogenated alkanes) is 1. The number of ether oxygens (including phenoxy) is 1. The molecule has 1 aliphatic heterocycles. The van der Waals surface area contributed by atoms with Crippen molar-refractivity contribution in [2.24, 2.45) is 0 Å². The van der Waals surface area contributed by atoms with Crippen LogP contribution in [0.1, 0.15) is 32.3 Å². The van der Waals surface area contributed by atoms with E-state index in [1.165, 1.54) is 4.90 Å². The van der Waals surface area contributed by atoms with Gasteiger partial charge in [-0.05, 0) is 18.9 Å². The van der Waals surface area contributed by atoms with E-state index in [9.17, 15) is 9.59 Å². The zero-order valence-corrected chi connectivity index (χ0v) is 12.6. The highest BCUT2D eigenvalue weighted by Gasteiger charge is 2.48. The second-order valence-electron chi connectivity index (χ2n) is 5.34. The fourth-order valence-electron chi connectivity index (χ4n) is 2.37. The van der Waals surface area contributed by atoms with Crippen LogP contribution >= 0.6 is 0 Å². The summed E-state index contributed by atoms with van der Waals surface area (Å²) in [5.41, 5.74) is -0.195. The van der Waals surface area contributed by atoms with Gasteiger partial charge in [0, 0.05) is 6.61 Å². The van der Waals surface area contributed by atoms with Gasteiger partial charge in [-0.25, -0.2) is 4.79 Å². The van der Waals surface area contributed by atoms with Gasteiger partial charge in [0.2, 0.25) is 0 Å². The molecule has 1 saturated heterocycles. The predicted molar refractivity (Wildman–Crippen MR) is 79.8 cm³/mol. The summed E-state index contributed by atoms with van der Waals surface area (Å²) < 4.78 is 5.43. The SMILES string of the molecule is CCCCOCCN1C(=O)NC(C)(c2ccccc2)C1=O. The van der Waals surface area contributed by atoms with E-state index < -0.39 is 5.54 Å². The number of carbonyl (C=O) groups excluding carboxylic acids is 2. The highest BCUT2D eigenvalue weighted by Crippen LogP contribution is 2.28. The van der Waals surface area contributed by atoms with Gasteiger partial charge < -0.3 is 10.1 Å². The minimum atomic E-state index is -0.984. The molecule has 0 saturated carbocycles. The quantitative estimate of drug-likeness (QED) is 0.619. The van der Waals surface area contributed by atoms with Gasteiger partial charge in [0.15, 0.2) is 0 Å². The molecule has 1 fully saturated rings. The number of hydrogen-bond donors (Lipinski definition) is 1. The van der Waals surface area contributed by atoms with E-state index in [-0.39, 0.29) is 18.5 Å². The van der Waals surface area contributed by atoms with Crippen LogP contribution in [-0.2, 0) is 15.1 Å². The molecule has 0 bridgehead atoms. The highest BCUT2D eigenvalue weighted by atomic mass is 16.5. The number of nitrogens with zero attached hydrogens (tertiary/aromatic N) is 1. The average molecular weight is 290 g/mol. The van der Waals surface area contributed by atoms with Gasteiger partial charge >= 0.3 is 6.03 Å². The van der Waals surface area contributed by atoms with Crippen LogP contribution in [0.2, 0.25) is 0 Å². The van der Waals surface area contributed by atoms with Crippen molar-refractivity contribution in [2.75, 3.05) is 19.8 Å². The summed E-state index contributed by atoms with van der Waals surface area (Å²) in [6, 6.07) is 8.93. The van der Waals surface area contributed by atoms with Gasteiger partial charge in [-0.3, -0.25) is 9.69 Å². The lowest BCUT2D eigenvalue weighted by Gasteiger charge is -2.22. The van der Waals surface area contributed by atoms with Crippen molar-refractivity contribution in [2.45, 2.75) is 32.2 Å². The van der Waals surface area contributed by atoms with E-state index in [1.807, 2.05) is 30.3 Å². The van der Waals surface area contributed by atoms with Crippen LogP contribution in [0.25, 0.3) is 0 Å². The maximum Gasteiger partial charge on any atom is 0.325 e. The molecule has 5 heteroatoms. The molecule has 1 heterocycles. The summed E-state index contributed by atoms with van der Waals surface area (Å²) >= 11 is 0. The minimum absolute atomic E-state index is 0.224. The van der Waals surface area contributed by atoms with Crippen LogP contribution in [-0.4, -0.2) is 36.6 Å². The van der Waals surface area contributed by atoms with Crippen LogP contribution in [0.15, 0.2) is 30.3 Å². The monoisotopic (exact) mass is 290 g/mol. The number of rotatable bonds is 7. The second kappa shape index (κ2) is 6.72. The number of urea groups is 1. The molecule has 1 aliphatic rings. The summed E-state index contributed by atoms with van der Waals surface area (Å²) in [5, 5.41) is 2.78. The Labute approximate surface area is 125 Å². The Bertz CT molecular complexity index is 504. The second-order valence-corrected chi connectivity index (χ2v) is 5.34. The molecule has 0 aliphatic carbocycles. The Kier molecular flexibility index (Phi) is 4.96. The molecule has 3 amide bonds. The van der Waals surface area contributed by atoms with E-state index in [2.05, 4.69) is 12.2 Å². The van der Waals surface area contributed by atoms with Crippen molar-refractivity contribution < 1.29 is 14.3 Å². The zero-order chi connectivity index (χ0) is 15.3. The van der Waals surface area contributed by atoms with Gasteiger partial charge in [-0.1, -0.05) is 43.7 Å². The molecule has 1 atom stereocenters. The Morgan fingerprint density at radius 1 is 1.19 bits per heavy atom. The van der Waals surface area contributed by atoms with E-state index in [0.717, 1.165) is 18.4 Å². The summed E-state index contributed by atoms with van der Waals surface area (Å²) in [5.74, 6) is -0.224. The molecule has 114 valence electrons. The third-order valence-corrected chi connectivity index (χ3v) is 3.73. The topological polar surface area (TPSA) is 58.6 Å². The zero-order valence-electron chi connectivity index (χ0n) is 12.6. The first-order valence-electron chi connectivity index (χ1n) is 7.37. The number of benzene rings is 1. The van der Waals surface area contributed by atoms with Crippen LogP contribution in [0.3, 0.4) is 0 Å². The van der Waals surface area contributed by atoms with E-state index in [4.69, 9.17) is 4.74 Å². The smallest absolute Gasteiger partial charge is 0.325 e. The van der Waals surface area contributed by atoms with Gasteiger partial charge in [-0.2, -0.15) is 0 Å². The molecule has 1 unspecified atom stereocenters. The van der Waals surface area contributed by atoms with E-state index >= 15 is 0 Å². The van der Waals surface area contributed by atoms with Crippen LogP contribution in [0.5, 0.6) is 0 Å². The van der Waals surface area contributed by atoms with Crippen molar-refractivity contribution in [1.29, 1.82) is 0 Å². The molecule has 0 spiro atoms. The first-order chi connectivity index (χ1) is 10.1. The summed E-state index contributed by atoms with van der Waals surface area (Å²) in [4.78, 5) is 25.8. The van der Waals surface area contributed by atoms with Gasteiger partial charge in [0.1, 0.15) is 5.54 Å². The lowest BCUT2D eigenvalue weighted by atomic mass is 9.92. The first kappa shape index (κ1) is 15.5. The van der Waals surface area contributed by atoms with Crippen LogP contribution in [0, 0.1) is 0 Å². The van der Waals surface area contributed by atoms with Crippen LogP contribution in [0.4, 0.5) is 4.79 Å². The third-order valence-electron chi connectivity index (χ3n) is 3.73. The van der Waals surface area contributed by atoms with Crippen molar-refractivity contribution in [1.82, 2.24) is 10.2 Å². The van der Waals surface area contributed by atoms with E-state index in [1.54, 1.807) is 6.92 Å². The lowest BCUT2D eigenvalue weighted by Crippen LogP contribution is -2.41. The first-order valence-corrected chi connectivity index (χ1v) is 7.37. The Hall–Kier alpha value is -1.88. The fourth-order valence-corrected chi connectivity index (χ4v) is 2.37. The minimum Gasteiger partial charge on any atom is -0.380 e. The molecular formula is C16H22N2O3. The average Bonchev–Trinajstić information content (AvgIpc) is 2.72. The number of carbonyl (C=O) groups is 2. The Morgan fingerprint density at radius 3 is 2.57 bits per heavy atom. The molecule has 5 nitrogen and oxygen atoms in total. The van der Waals surface area contributed by atoms with Crippen molar-refractivity contribution in [3.8, 4) is 0 Å². The molecule has 0 aromatic heterocycles. The van der Waals surface area contributed by atoms with E-state index in [0.29, 0.717) is 13.2 Å². The number of nitrogens with one attached hydrogen (secondary N) is 1. The maximum atomic E-state index is 12.5. The molecule has 1 N–H and O–H groups in total. The van der Waals surface area contributed by atoms with Crippen molar-refractivity contribution >= 4 is 11.9 Å². The maximum absolute atomic E-state index is 12.5. The van der Waals surface area contributed by atoms with Gasteiger partial charge in [-0.15, -0.1) is 0 Å². The normalized spacial score (nSPS) is 21.7. The third kappa shape index (κ3) is 3.24. The number of amides is 3. The Morgan fingerprint density at radius 2 is 1.90 bits per heavy atom. The highest BCUT2D eigenvalue weighted by molar-refractivity contribution is 6.07. The predicted octanol–water partition coefficient (Wildman–Crippen LogP) is 2.27. The molecular weight excluding hydrogens is 268 g/mol.